The molecule has 4 nitrogen and oxygen atoms in total. The van der Waals surface area contributed by atoms with E-state index in [0.717, 1.165) is 10.8 Å². The second-order valence-corrected chi connectivity index (χ2v) is 7.62. The smallest absolute Gasteiger partial charge is 0.300 e. The van der Waals surface area contributed by atoms with Crippen LogP contribution in [0.1, 0.15) is 17.2 Å². The van der Waals surface area contributed by atoms with Crippen LogP contribution in [0.2, 0.25) is 0 Å². The van der Waals surface area contributed by atoms with E-state index in [1.165, 1.54) is 29.2 Å². The normalized spacial score (nSPS) is 17.8. The number of carbonyl (C=O) groups is 2. The van der Waals surface area contributed by atoms with Gasteiger partial charge >= 0.3 is 0 Å². The first kappa shape index (κ1) is 19.7. The third kappa shape index (κ3) is 3.24. The fourth-order valence-corrected chi connectivity index (χ4v) is 4.14. The Bertz CT molecular complexity index is 1380. The highest BCUT2D eigenvalue weighted by molar-refractivity contribution is 6.51. The SMILES string of the molecule is O=C1C(=O)N(c2ccccc2)C(c2ccc(F)cc2)/C1=C(/O)c1ccc2ccccc2c1. The number of rotatable bonds is 3. The van der Waals surface area contributed by atoms with Crippen molar-refractivity contribution < 1.29 is 19.1 Å². The van der Waals surface area contributed by atoms with E-state index in [1.54, 1.807) is 36.4 Å². The van der Waals surface area contributed by atoms with Gasteiger partial charge < -0.3 is 5.11 Å². The monoisotopic (exact) mass is 423 g/mol. The van der Waals surface area contributed by atoms with Crippen LogP contribution in [0.5, 0.6) is 0 Å². The van der Waals surface area contributed by atoms with Crippen molar-refractivity contribution in [2.24, 2.45) is 0 Å². The second-order valence-electron chi connectivity index (χ2n) is 7.62. The summed E-state index contributed by atoms with van der Waals surface area (Å²) in [6, 6.07) is 26.5. The Balaban J connectivity index is 1.73. The Hall–Kier alpha value is -4.25. The molecule has 4 aromatic carbocycles. The first-order chi connectivity index (χ1) is 15.5. The molecule has 1 heterocycles. The lowest BCUT2D eigenvalue weighted by molar-refractivity contribution is -0.132. The molecule has 1 unspecified atom stereocenters. The maximum absolute atomic E-state index is 13.6. The van der Waals surface area contributed by atoms with E-state index in [9.17, 15) is 19.1 Å². The maximum Gasteiger partial charge on any atom is 0.300 e. The molecule has 1 N–H and O–H groups in total. The molecule has 1 atom stereocenters. The first-order valence-corrected chi connectivity index (χ1v) is 10.2. The van der Waals surface area contributed by atoms with Crippen LogP contribution in [0.25, 0.3) is 16.5 Å². The van der Waals surface area contributed by atoms with Crippen LogP contribution >= 0.6 is 0 Å². The van der Waals surface area contributed by atoms with E-state index in [2.05, 4.69) is 0 Å². The third-order valence-corrected chi connectivity index (χ3v) is 5.69. The van der Waals surface area contributed by atoms with E-state index in [-0.39, 0.29) is 11.3 Å². The van der Waals surface area contributed by atoms with Gasteiger partial charge in [-0.05, 0) is 46.7 Å². The zero-order valence-electron chi connectivity index (χ0n) is 16.9. The van der Waals surface area contributed by atoms with E-state index in [0.29, 0.717) is 16.8 Å². The number of para-hydroxylation sites is 1. The van der Waals surface area contributed by atoms with Gasteiger partial charge in [0.25, 0.3) is 11.7 Å². The third-order valence-electron chi connectivity index (χ3n) is 5.69. The second kappa shape index (κ2) is 7.78. The zero-order valence-corrected chi connectivity index (χ0v) is 16.9. The molecule has 0 aliphatic carbocycles. The van der Waals surface area contributed by atoms with Gasteiger partial charge in [0.15, 0.2) is 0 Å². The molecule has 32 heavy (non-hydrogen) atoms. The molecule has 0 aromatic heterocycles. The summed E-state index contributed by atoms with van der Waals surface area (Å²) in [5, 5.41) is 13.1. The first-order valence-electron chi connectivity index (χ1n) is 10.2. The van der Waals surface area contributed by atoms with Crippen LogP contribution in [-0.4, -0.2) is 16.8 Å². The summed E-state index contributed by atoms with van der Waals surface area (Å²) in [5.41, 5.74) is 1.45. The van der Waals surface area contributed by atoms with Crippen LogP contribution < -0.4 is 4.90 Å². The van der Waals surface area contributed by atoms with Gasteiger partial charge in [0.1, 0.15) is 11.6 Å². The van der Waals surface area contributed by atoms with Crippen molar-refractivity contribution in [3.8, 4) is 0 Å². The van der Waals surface area contributed by atoms with Crippen LogP contribution in [0.4, 0.5) is 10.1 Å². The number of Topliss-reactive ketones (excluding diaryl/α,β-unsaturated/α-hetero) is 1. The van der Waals surface area contributed by atoms with Crippen molar-refractivity contribution in [3.63, 3.8) is 0 Å². The Kier molecular flexibility index (Phi) is 4.79. The van der Waals surface area contributed by atoms with Gasteiger partial charge in [-0.25, -0.2) is 4.39 Å². The molecule has 0 spiro atoms. The van der Waals surface area contributed by atoms with Gasteiger partial charge in [0.05, 0.1) is 11.6 Å². The molecular weight excluding hydrogens is 405 g/mol. The predicted molar refractivity (Wildman–Crippen MR) is 122 cm³/mol. The Morgan fingerprint density at radius 2 is 1.44 bits per heavy atom. The number of nitrogens with zero attached hydrogens (tertiary/aromatic N) is 1. The topological polar surface area (TPSA) is 57.6 Å². The number of aliphatic hydroxyl groups is 1. The highest BCUT2D eigenvalue weighted by Crippen LogP contribution is 2.42. The molecule has 1 aliphatic heterocycles. The number of hydrogen-bond donors (Lipinski definition) is 1. The van der Waals surface area contributed by atoms with E-state index < -0.39 is 23.5 Å². The molecule has 5 heteroatoms. The molecule has 1 fully saturated rings. The molecule has 0 radical (unpaired) electrons. The minimum Gasteiger partial charge on any atom is -0.507 e. The summed E-state index contributed by atoms with van der Waals surface area (Å²) < 4.78 is 13.6. The molecular formula is C27H18FNO3. The van der Waals surface area contributed by atoms with Crippen LogP contribution in [0.15, 0.2) is 103 Å². The predicted octanol–water partition coefficient (Wildman–Crippen LogP) is 5.61. The van der Waals surface area contributed by atoms with E-state index >= 15 is 0 Å². The Labute approximate surface area is 183 Å². The quantitative estimate of drug-likeness (QED) is 0.265. The van der Waals surface area contributed by atoms with Crippen molar-refractivity contribution in [2.45, 2.75) is 6.04 Å². The number of aliphatic hydroxyl groups excluding tert-OH is 1. The van der Waals surface area contributed by atoms with E-state index in [1.807, 2.05) is 36.4 Å². The summed E-state index contributed by atoms with van der Waals surface area (Å²) in [7, 11) is 0. The number of fused-ring (bicyclic) bond motifs is 1. The number of anilines is 1. The molecule has 156 valence electrons. The molecule has 0 saturated carbocycles. The van der Waals surface area contributed by atoms with Gasteiger partial charge in [0, 0.05) is 11.3 Å². The largest absolute Gasteiger partial charge is 0.507 e. The summed E-state index contributed by atoms with van der Waals surface area (Å²) in [4.78, 5) is 27.6. The number of carbonyl (C=O) groups excluding carboxylic acids is 2. The minimum absolute atomic E-state index is 0.0271. The fourth-order valence-electron chi connectivity index (χ4n) is 4.14. The summed E-state index contributed by atoms with van der Waals surface area (Å²) >= 11 is 0. The van der Waals surface area contributed by atoms with Crippen LogP contribution in [0, 0.1) is 5.82 Å². The highest BCUT2D eigenvalue weighted by Gasteiger charge is 2.46. The zero-order chi connectivity index (χ0) is 22.2. The van der Waals surface area contributed by atoms with Crippen molar-refractivity contribution in [1.29, 1.82) is 0 Å². The molecule has 1 amide bonds. The molecule has 1 aliphatic rings. The number of halogens is 1. The maximum atomic E-state index is 13.6. The summed E-state index contributed by atoms with van der Waals surface area (Å²) in [6.07, 6.45) is 0. The van der Waals surface area contributed by atoms with Crippen molar-refractivity contribution in [3.05, 3.63) is 120 Å². The number of ketones is 1. The number of amides is 1. The number of hydrogen-bond acceptors (Lipinski definition) is 3. The van der Waals surface area contributed by atoms with Gasteiger partial charge in [-0.15, -0.1) is 0 Å². The van der Waals surface area contributed by atoms with Gasteiger partial charge in [0.2, 0.25) is 0 Å². The molecule has 1 saturated heterocycles. The average molecular weight is 423 g/mol. The highest BCUT2D eigenvalue weighted by atomic mass is 19.1. The average Bonchev–Trinajstić information content (AvgIpc) is 3.09. The van der Waals surface area contributed by atoms with Gasteiger partial charge in [-0.3, -0.25) is 14.5 Å². The summed E-state index contributed by atoms with van der Waals surface area (Å²) in [6.45, 7) is 0. The standard InChI is InChI=1S/C27H18FNO3/c28-21-14-12-18(13-15-21)24-23(26(31)27(32)29(24)22-8-2-1-3-9-22)25(30)20-11-10-17-6-4-5-7-19(17)16-20/h1-16,24,30H/b25-23-. The lowest BCUT2D eigenvalue weighted by Gasteiger charge is -2.25. The van der Waals surface area contributed by atoms with Crippen LogP contribution in [0.3, 0.4) is 0 Å². The van der Waals surface area contributed by atoms with Crippen molar-refractivity contribution in [1.82, 2.24) is 0 Å². The van der Waals surface area contributed by atoms with Crippen LogP contribution in [-0.2, 0) is 9.59 Å². The summed E-state index contributed by atoms with van der Waals surface area (Å²) in [5.74, 6) is -2.22. The van der Waals surface area contributed by atoms with Gasteiger partial charge in [-0.2, -0.15) is 0 Å². The molecule has 4 aromatic rings. The van der Waals surface area contributed by atoms with Crippen molar-refractivity contribution >= 4 is 33.9 Å². The lowest BCUT2D eigenvalue weighted by atomic mass is 9.94. The number of benzene rings is 4. The fraction of sp³-hybridized carbons (Fsp3) is 0.0370. The minimum atomic E-state index is -0.885. The Morgan fingerprint density at radius 1 is 0.781 bits per heavy atom. The van der Waals surface area contributed by atoms with Gasteiger partial charge in [-0.1, -0.05) is 66.7 Å². The lowest BCUT2D eigenvalue weighted by Crippen LogP contribution is -2.29. The Morgan fingerprint density at radius 3 is 2.16 bits per heavy atom. The molecule has 0 bridgehead atoms. The molecule has 5 rings (SSSR count). The van der Waals surface area contributed by atoms with E-state index in [4.69, 9.17) is 0 Å². The van der Waals surface area contributed by atoms with Crippen molar-refractivity contribution in [2.75, 3.05) is 4.90 Å².